The third-order valence-corrected chi connectivity index (χ3v) is 6.95. The number of pyridine rings is 1. The van der Waals surface area contributed by atoms with Crippen LogP contribution in [-0.2, 0) is 9.84 Å². The van der Waals surface area contributed by atoms with Crippen molar-refractivity contribution < 1.29 is 13.2 Å². The molecule has 0 radical (unpaired) electrons. The fourth-order valence-corrected chi connectivity index (χ4v) is 4.52. The third kappa shape index (κ3) is 4.58. The summed E-state index contributed by atoms with van der Waals surface area (Å²) in [7, 11) is -4.18. The van der Waals surface area contributed by atoms with Crippen molar-refractivity contribution in [3.05, 3.63) is 104 Å². The van der Waals surface area contributed by atoms with E-state index in [2.05, 4.69) is 20.9 Å². The van der Waals surface area contributed by atoms with Crippen molar-refractivity contribution >= 4 is 37.5 Å². The van der Waals surface area contributed by atoms with Crippen molar-refractivity contribution in [2.75, 3.05) is 0 Å². The molecule has 164 valence electrons. The van der Waals surface area contributed by atoms with E-state index in [9.17, 15) is 18.5 Å². The summed E-state index contributed by atoms with van der Waals surface area (Å²) in [5, 5.41) is 9.68. The highest BCUT2D eigenvalue weighted by Gasteiger charge is 2.23. The summed E-state index contributed by atoms with van der Waals surface area (Å²) in [6.45, 7) is 1.88. The molecule has 0 atom stereocenters. The van der Waals surface area contributed by atoms with Crippen molar-refractivity contribution in [2.24, 2.45) is 0 Å². The molecule has 0 unspecified atom stereocenters. The Labute approximate surface area is 198 Å². The second-order valence-corrected chi connectivity index (χ2v) is 9.89. The summed E-state index contributed by atoms with van der Waals surface area (Å²) < 4.78 is 34.0. The molecule has 2 heterocycles. The van der Waals surface area contributed by atoms with Crippen LogP contribution in [0.2, 0.25) is 0 Å². The Kier molecular flexibility index (Phi) is 6.14. The topological polar surface area (TPSA) is 102 Å². The number of benzene rings is 2. The summed E-state index contributed by atoms with van der Waals surface area (Å²) >= 11 is 3.26. The smallest absolute Gasteiger partial charge is 0.269 e. The molecule has 0 fully saturated rings. The molecule has 0 N–H and O–H groups in total. The first-order valence-corrected chi connectivity index (χ1v) is 12.0. The molecular formula is C24H16BrN3O4S. The van der Waals surface area contributed by atoms with E-state index in [0.717, 1.165) is 11.6 Å². The van der Waals surface area contributed by atoms with Gasteiger partial charge in [-0.15, -0.1) is 0 Å². The van der Waals surface area contributed by atoms with E-state index in [1.165, 1.54) is 22.7 Å². The van der Waals surface area contributed by atoms with Gasteiger partial charge in [-0.2, -0.15) is 10.2 Å². The second-order valence-electron chi connectivity index (χ2n) is 7.06. The summed E-state index contributed by atoms with van der Waals surface area (Å²) in [6.07, 6.45) is 2.52. The predicted octanol–water partition coefficient (Wildman–Crippen LogP) is 4.90. The van der Waals surface area contributed by atoms with Crippen LogP contribution in [0.4, 0.5) is 0 Å². The van der Waals surface area contributed by atoms with Crippen molar-refractivity contribution in [3.8, 4) is 17.7 Å². The Bertz CT molecular complexity index is 1600. The number of halogens is 1. The zero-order valence-electron chi connectivity index (χ0n) is 17.3. The van der Waals surface area contributed by atoms with E-state index in [-0.39, 0.29) is 16.3 Å². The molecule has 0 aliphatic heterocycles. The fourth-order valence-electron chi connectivity index (χ4n) is 3.12. The number of fused-ring (bicyclic) bond motifs is 1. The number of rotatable bonds is 5. The first-order valence-electron chi connectivity index (χ1n) is 9.68. The number of hydrogen-bond acceptors (Lipinski definition) is 6. The van der Waals surface area contributed by atoms with Gasteiger partial charge in [-0.05, 0) is 67.1 Å². The first kappa shape index (κ1) is 22.5. The lowest BCUT2D eigenvalue weighted by Crippen LogP contribution is -2.19. The van der Waals surface area contributed by atoms with Crippen LogP contribution in [0.15, 0.2) is 92.0 Å². The average Bonchev–Trinajstić information content (AvgIpc) is 2.79. The number of aryl methyl sites for hydroxylation is 1. The van der Waals surface area contributed by atoms with Gasteiger partial charge in [0.25, 0.3) is 5.56 Å². The lowest BCUT2D eigenvalue weighted by molar-refractivity contribution is 0.460. The summed E-state index contributed by atoms with van der Waals surface area (Å²) in [6, 6.07) is 19.7. The van der Waals surface area contributed by atoms with Crippen LogP contribution in [0.1, 0.15) is 11.1 Å². The molecule has 0 aliphatic carbocycles. The van der Waals surface area contributed by atoms with Gasteiger partial charge in [-0.3, -0.25) is 9.20 Å². The van der Waals surface area contributed by atoms with Gasteiger partial charge in [0.15, 0.2) is 0 Å². The van der Waals surface area contributed by atoms with E-state index in [0.29, 0.717) is 15.9 Å². The second kappa shape index (κ2) is 9.02. The van der Waals surface area contributed by atoms with E-state index < -0.39 is 20.3 Å². The molecule has 4 aromatic rings. The van der Waals surface area contributed by atoms with Crippen LogP contribution in [-0.4, -0.2) is 17.8 Å². The van der Waals surface area contributed by atoms with Crippen LogP contribution in [0.5, 0.6) is 11.6 Å². The normalized spacial score (nSPS) is 11.8. The minimum absolute atomic E-state index is 0.0755. The highest BCUT2D eigenvalue weighted by molar-refractivity contribution is 9.10. The average molecular weight is 522 g/mol. The van der Waals surface area contributed by atoms with E-state index in [1.807, 2.05) is 13.0 Å². The van der Waals surface area contributed by atoms with Gasteiger partial charge in [-0.1, -0.05) is 34.1 Å². The SMILES string of the molecule is Cc1cccc(Oc2nc3ccccn3c(=O)c2C=C(C#N)S(=O)(=O)c2ccc(Br)cc2)c1. The maximum absolute atomic E-state index is 13.3. The van der Waals surface area contributed by atoms with Crippen LogP contribution < -0.4 is 10.3 Å². The number of allylic oxidation sites excluding steroid dienone is 1. The van der Waals surface area contributed by atoms with Crippen LogP contribution in [0, 0.1) is 18.3 Å². The number of sulfone groups is 1. The Morgan fingerprint density at radius 2 is 1.88 bits per heavy atom. The Hall–Kier alpha value is -3.74. The first-order chi connectivity index (χ1) is 15.8. The molecule has 0 saturated carbocycles. The summed E-state index contributed by atoms with van der Waals surface area (Å²) in [5.74, 6) is 0.321. The van der Waals surface area contributed by atoms with Gasteiger partial charge >= 0.3 is 0 Å². The molecule has 4 rings (SSSR count). The number of nitrogens with zero attached hydrogens (tertiary/aromatic N) is 3. The number of nitriles is 1. The van der Waals surface area contributed by atoms with Gasteiger partial charge < -0.3 is 4.74 Å². The highest BCUT2D eigenvalue weighted by atomic mass is 79.9. The molecule has 0 saturated heterocycles. The number of hydrogen-bond donors (Lipinski definition) is 0. The van der Waals surface area contributed by atoms with Crippen LogP contribution >= 0.6 is 15.9 Å². The number of ether oxygens (including phenoxy) is 1. The van der Waals surface area contributed by atoms with Gasteiger partial charge in [0.2, 0.25) is 15.7 Å². The van der Waals surface area contributed by atoms with E-state index in [1.54, 1.807) is 54.6 Å². The summed E-state index contributed by atoms with van der Waals surface area (Å²) in [4.78, 5) is 17.0. The highest BCUT2D eigenvalue weighted by Crippen LogP contribution is 2.27. The summed E-state index contributed by atoms with van der Waals surface area (Å²) in [5.41, 5.74) is 0.522. The van der Waals surface area contributed by atoms with Gasteiger partial charge in [0, 0.05) is 10.7 Å². The molecule has 0 amide bonds. The van der Waals surface area contributed by atoms with Gasteiger partial charge in [0.1, 0.15) is 27.9 Å². The lowest BCUT2D eigenvalue weighted by Gasteiger charge is -2.11. The largest absolute Gasteiger partial charge is 0.438 e. The molecule has 0 spiro atoms. The standard InChI is InChI=1S/C24H16BrN3O4S/c1-16-5-4-6-18(13-16)32-23-21(24(29)28-12-3-2-7-22(28)27-23)14-20(15-26)33(30,31)19-10-8-17(25)9-11-19/h2-14H,1H3. The predicted molar refractivity (Wildman–Crippen MR) is 128 cm³/mol. The molecule has 7 nitrogen and oxygen atoms in total. The van der Waals surface area contributed by atoms with Crippen LogP contribution in [0.25, 0.3) is 11.7 Å². The molecule has 2 aromatic heterocycles. The molecule has 33 heavy (non-hydrogen) atoms. The lowest BCUT2D eigenvalue weighted by atomic mass is 10.2. The van der Waals surface area contributed by atoms with Crippen molar-refractivity contribution in [1.29, 1.82) is 5.26 Å². The van der Waals surface area contributed by atoms with Gasteiger partial charge in [-0.25, -0.2) is 8.42 Å². The van der Waals surface area contributed by atoms with Crippen molar-refractivity contribution in [1.82, 2.24) is 9.38 Å². The molecule has 0 bridgehead atoms. The van der Waals surface area contributed by atoms with Crippen molar-refractivity contribution in [2.45, 2.75) is 11.8 Å². The Morgan fingerprint density at radius 3 is 2.58 bits per heavy atom. The van der Waals surface area contributed by atoms with Crippen molar-refractivity contribution in [3.63, 3.8) is 0 Å². The zero-order valence-corrected chi connectivity index (χ0v) is 19.7. The van der Waals surface area contributed by atoms with E-state index >= 15 is 0 Å². The minimum Gasteiger partial charge on any atom is -0.438 e. The maximum Gasteiger partial charge on any atom is 0.269 e. The molecule has 2 aromatic carbocycles. The maximum atomic E-state index is 13.3. The van der Waals surface area contributed by atoms with Gasteiger partial charge in [0.05, 0.1) is 4.90 Å². The molecular weight excluding hydrogens is 506 g/mol. The minimum atomic E-state index is -4.18. The monoisotopic (exact) mass is 521 g/mol. The Balaban J connectivity index is 1.93. The van der Waals surface area contributed by atoms with Crippen LogP contribution in [0.3, 0.4) is 0 Å². The fraction of sp³-hybridized carbons (Fsp3) is 0.0417. The Morgan fingerprint density at radius 1 is 1.12 bits per heavy atom. The van der Waals surface area contributed by atoms with E-state index in [4.69, 9.17) is 4.74 Å². The molecule has 9 heteroatoms. The number of aromatic nitrogens is 2. The third-order valence-electron chi connectivity index (χ3n) is 4.74. The molecule has 0 aliphatic rings. The zero-order chi connectivity index (χ0) is 23.6. The quantitative estimate of drug-likeness (QED) is 0.346.